The minimum atomic E-state index is -3.67. The smallest absolute Gasteiger partial charge is 0.331 e. The predicted octanol–water partition coefficient (Wildman–Crippen LogP) is 2.49. The SMILES string of the molecule is Cc1noc(C)c1COC(=O)[C@@H](CC(C)C)N=C1NS(=O)(=O)c2ccccc21. The van der Waals surface area contributed by atoms with E-state index < -0.39 is 22.0 Å². The number of rotatable bonds is 6. The number of amidine groups is 1. The fraction of sp³-hybridized carbons (Fsp3) is 0.421. The molecule has 150 valence electrons. The number of nitrogens with zero attached hydrogens (tertiary/aromatic N) is 2. The van der Waals surface area contributed by atoms with Crippen LogP contribution in [-0.4, -0.2) is 31.4 Å². The second kappa shape index (κ2) is 7.75. The lowest BCUT2D eigenvalue weighted by Gasteiger charge is -2.15. The van der Waals surface area contributed by atoms with Crippen LogP contribution < -0.4 is 4.72 Å². The molecule has 1 aliphatic heterocycles. The molecule has 2 heterocycles. The molecule has 1 aliphatic rings. The maximum Gasteiger partial charge on any atom is 0.331 e. The molecule has 0 unspecified atom stereocenters. The largest absolute Gasteiger partial charge is 0.459 e. The molecule has 1 N–H and O–H groups in total. The normalized spacial score (nSPS) is 17.4. The third-order valence-corrected chi connectivity index (χ3v) is 5.85. The van der Waals surface area contributed by atoms with Crippen molar-refractivity contribution >= 4 is 21.8 Å². The summed E-state index contributed by atoms with van der Waals surface area (Å²) in [4.78, 5) is 17.3. The van der Waals surface area contributed by atoms with Crippen LogP contribution in [0.5, 0.6) is 0 Å². The Kier molecular flexibility index (Phi) is 5.55. The Labute approximate surface area is 164 Å². The Morgan fingerprint density at radius 1 is 1.29 bits per heavy atom. The number of ether oxygens (including phenoxy) is 1. The molecule has 0 fully saturated rings. The first-order valence-corrected chi connectivity index (χ1v) is 10.5. The zero-order valence-corrected chi connectivity index (χ0v) is 17.0. The zero-order valence-electron chi connectivity index (χ0n) is 16.2. The summed E-state index contributed by atoms with van der Waals surface area (Å²) in [7, 11) is -3.67. The summed E-state index contributed by atoms with van der Waals surface area (Å²) < 4.78 is 37.5. The molecule has 1 aromatic carbocycles. The molecule has 0 aliphatic carbocycles. The zero-order chi connectivity index (χ0) is 20.5. The molecule has 0 amide bonds. The molecule has 8 nitrogen and oxygen atoms in total. The highest BCUT2D eigenvalue weighted by molar-refractivity contribution is 7.90. The number of nitrogens with one attached hydrogen (secondary N) is 1. The van der Waals surface area contributed by atoms with Crippen molar-refractivity contribution in [1.82, 2.24) is 9.88 Å². The highest BCUT2D eigenvalue weighted by atomic mass is 32.2. The number of aliphatic imine (C=N–C) groups is 1. The topological polar surface area (TPSA) is 111 Å². The third-order valence-electron chi connectivity index (χ3n) is 4.45. The number of esters is 1. The van der Waals surface area contributed by atoms with Gasteiger partial charge in [0.05, 0.1) is 16.2 Å². The fourth-order valence-electron chi connectivity index (χ4n) is 2.98. The quantitative estimate of drug-likeness (QED) is 0.739. The van der Waals surface area contributed by atoms with Crippen molar-refractivity contribution in [1.29, 1.82) is 0 Å². The van der Waals surface area contributed by atoms with Gasteiger partial charge in [-0.05, 0) is 38.3 Å². The van der Waals surface area contributed by atoms with Gasteiger partial charge in [0.2, 0.25) is 0 Å². The van der Waals surface area contributed by atoms with E-state index >= 15 is 0 Å². The molecule has 0 radical (unpaired) electrons. The number of hydrogen-bond donors (Lipinski definition) is 1. The van der Waals surface area contributed by atoms with E-state index in [0.717, 1.165) is 5.56 Å². The number of carbonyl (C=O) groups excluding carboxylic acids is 1. The van der Waals surface area contributed by atoms with Crippen LogP contribution >= 0.6 is 0 Å². The van der Waals surface area contributed by atoms with Crippen LogP contribution in [0.15, 0.2) is 38.7 Å². The Morgan fingerprint density at radius 3 is 2.64 bits per heavy atom. The highest BCUT2D eigenvalue weighted by Crippen LogP contribution is 2.24. The molecule has 1 aromatic heterocycles. The van der Waals surface area contributed by atoms with Crippen molar-refractivity contribution in [3.05, 3.63) is 46.8 Å². The summed E-state index contributed by atoms with van der Waals surface area (Å²) in [5.41, 5.74) is 1.83. The Hall–Kier alpha value is -2.68. The van der Waals surface area contributed by atoms with Crippen molar-refractivity contribution in [3.63, 3.8) is 0 Å². The summed E-state index contributed by atoms with van der Waals surface area (Å²) in [6.45, 7) is 7.47. The van der Waals surface area contributed by atoms with Gasteiger partial charge in [-0.3, -0.25) is 9.71 Å². The Bertz CT molecular complexity index is 1000. The van der Waals surface area contributed by atoms with Gasteiger partial charge in [0.15, 0.2) is 0 Å². The Balaban J connectivity index is 1.85. The molecular weight excluding hydrogens is 382 g/mol. The van der Waals surface area contributed by atoms with E-state index in [4.69, 9.17) is 9.26 Å². The van der Waals surface area contributed by atoms with Crippen molar-refractivity contribution in [2.45, 2.75) is 51.7 Å². The monoisotopic (exact) mass is 405 g/mol. The number of fused-ring (bicyclic) bond motifs is 1. The standard InChI is InChI=1S/C19H23N3O5S/c1-11(2)9-16(19(23)26-10-15-12(3)21-27-13(15)4)20-18-14-7-5-6-8-17(14)28(24,25)22-18/h5-8,11,16H,9-10H2,1-4H3,(H,20,22)/t16-/m1/s1. The lowest BCUT2D eigenvalue weighted by atomic mass is 10.0. The van der Waals surface area contributed by atoms with Gasteiger partial charge in [-0.15, -0.1) is 0 Å². The highest BCUT2D eigenvalue weighted by Gasteiger charge is 2.32. The average Bonchev–Trinajstić information content (AvgIpc) is 3.08. The number of aryl methyl sites for hydroxylation is 2. The second-order valence-electron chi connectivity index (χ2n) is 7.14. The maximum absolute atomic E-state index is 12.7. The molecular formula is C19H23N3O5S. The van der Waals surface area contributed by atoms with Gasteiger partial charge < -0.3 is 9.26 Å². The number of benzene rings is 1. The molecule has 0 saturated carbocycles. The number of aromatic nitrogens is 1. The van der Waals surface area contributed by atoms with Crippen LogP contribution in [0.3, 0.4) is 0 Å². The van der Waals surface area contributed by atoms with Gasteiger partial charge in [0.1, 0.15) is 24.2 Å². The number of hydrogen-bond acceptors (Lipinski definition) is 7. The molecule has 28 heavy (non-hydrogen) atoms. The van der Waals surface area contributed by atoms with Crippen LogP contribution in [-0.2, 0) is 26.2 Å². The van der Waals surface area contributed by atoms with E-state index in [0.29, 0.717) is 23.4 Å². The van der Waals surface area contributed by atoms with Crippen LogP contribution in [0.1, 0.15) is 42.8 Å². The van der Waals surface area contributed by atoms with Crippen molar-refractivity contribution in [3.8, 4) is 0 Å². The van der Waals surface area contributed by atoms with Crippen molar-refractivity contribution < 1.29 is 22.5 Å². The van der Waals surface area contributed by atoms with Crippen LogP contribution in [0.25, 0.3) is 0 Å². The van der Waals surface area contributed by atoms with Gasteiger partial charge in [-0.1, -0.05) is 31.1 Å². The van der Waals surface area contributed by atoms with E-state index in [1.807, 2.05) is 13.8 Å². The second-order valence-corrected chi connectivity index (χ2v) is 8.79. The maximum atomic E-state index is 12.7. The van der Waals surface area contributed by atoms with Gasteiger partial charge in [0.25, 0.3) is 10.0 Å². The first-order chi connectivity index (χ1) is 13.2. The Morgan fingerprint density at radius 2 is 2.00 bits per heavy atom. The molecule has 1 atom stereocenters. The summed E-state index contributed by atoms with van der Waals surface area (Å²) in [6, 6.07) is 5.71. The third kappa shape index (κ3) is 4.09. The molecule has 2 aromatic rings. The van der Waals surface area contributed by atoms with Gasteiger partial charge in [0, 0.05) is 5.56 Å². The van der Waals surface area contributed by atoms with E-state index in [-0.39, 0.29) is 23.3 Å². The van der Waals surface area contributed by atoms with E-state index in [1.54, 1.807) is 32.0 Å². The number of carbonyl (C=O) groups is 1. The lowest BCUT2D eigenvalue weighted by Crippen LogP contribution is -2.29. The van der Waals surface area contributed by atoms with Crippen LogP contribution in [0.4, 0.5) is 0 Å². The van der Waals surface area contributed by atoms with Crippen LogP contribution in [0, 0.1) is 19.8 Å². The minimum absolute atomic E-state index is 0.0295. The summed E-state index contributed by atoms with van der Waals surface area (Å²) in [5.74, 6) is 0.393. The molecule has 0 bridgehead atoms. The summed E-state index contributed by atoms with van der Waals surface area (Å²) in [6.07, 6.45) is 0.424. The molecule has 9 heteroatoms. The van der Waals surface area contributed by atoms with Crippen LogP contribution in [0.2, 0.25) is 0 Å². The van der Waals surface area contributed by atoms with E-state index in [9.17, 15) is 13.2 Å². The minimum Gasteiger partial charge on any atom is -0.459 e. The predicted molar refractivity (Wildman–Crippen MR) is 102 cm³/mol. The van der Waals surface area contributed by atoms with E-state index in [2.05, 4.69) is 14.9 Å². The molecule has 0 spiro atoms. The molecule has 3 rings (SSSR count). The molecule has 0 saturated heterocycles. The van der Waals surface area contributed by atoms with Crippen molar-refractivity contribution in [2.75, 3.05) is 0 Å². The summed E-state index contributed by atoms with van der Waals surface area (Å²) >= 11 is 0. The summed E-state index contributed by atoms with van der Waals surface area (Å²) in [5, 5.41) is 3.84. The first-order valence-electron chi connectivity index (χ1n) is 8.97. The fourth-order valence-corrected chi connectivity index (χ4v) is 4.22. The van der Waals surface area contributed by atoms with Gasteiger partial charge in [-0.2, -0.15) is 0 Å². The first kappa shape index (κ1) is 20.1. The van der Waals surface area contributed by atoms with Gasteiger partial charge in [-0.25, -0.2) is 13.2 Å². The lowest BCUT2D eigenvalue weighted by molar-refractivity contribution is -0.146. The average molecular weight is 405 g/mol. The van der Waals surface area contributed by atoms with Crippen molar-refractivity contribution in [2.24, 2.45) is 10.9 Å². The number of sulfonamides is 1. The van der Waals surface area contributed by atoms with E-state index in [1.165, 1.54) is 6.07 Å². The van der Waals surface area contributed by atoms with Gasteiger partial charge >= 0.3 is 5.97 Å².